The number of aliphatic carboxylic acids is 1. The maximum atomic E-state index is 14.3. The molecule has 350 valence electrons. The first-order valence-electron chi connectivity index (χ1n) is 24.8. The highest BCUT2D eigenvalue weighted by atomic mass is 35.5. The maximum Gasteiger partial charge on any atom is 0.309 e. The summed E-state index contributed by atoms with van der Waals surface area (Å²) in [6.45, 7) is 25.1. The molecule has 11 atom stereocenters. The highest BCUT2D eigenvalue weighted by Crippen LogP contribution is 2.77. The second kappa shape index (κ2) is 17.0. The van der Waals surface area contributed by atoms with E-state index in [0.29, 0.717) is 49.4 Å². The average Bonchev–Trinajstić information content (AvgIpc) is 3.53. The molecular formula is C53H79ClN2O7. The maximum absolute atomic E-state index is 14.3. The number of carbonyl (C=O) groups excluding carboxylic acids is 2. The van der Waals surface area contributed by atoms with Gasteiger partial charge in [0.25, 0.3) is 0 Å². The third-order valence-corrected chi connectivity index (χ3v) is 20.2. The van der Waals surface area contributed by atoms with Gasteiger partial charge in [-0.05, 0) is 147 Å². The number of fused-ring (bicyclic) bond motifs is 7. The van der Waals surface area contributed by atoms with Gasteiger partial charge in [0.05, 0.1) is 17.9 Å². The fourth-order valence-electron chi connectivity index (χ4n) is 16.1. The largest absolute Gasteiger partial charge is 0.492 e. The number of nitrogens with one attached hydrogen (secondary N) is 1. The van der Waals surface area contributed by atoms with Crippen LogP contribution >= 0.6 is 11.6 Å². The number of esters is 1. The number of carboxylic acids is 1. The molecule has 1 heterocycles. The number of hydrogen-bond donors (Lipinski definition) is 3. The van der Waals surface area contributed by atoms with Gasteiger partial charge in [0, 0.05) is 47.5 Å². The van der Waals surface area contributed by atoms with Crippen LogP contribution in [0.5, 0.6) is 5.75 Å². The molecule has 6 aliphatic carbocycles. The molecule has 9 nitrogen and oxygen atoms in total. The van der Waals surface area contributed by atoms with Crippen molar-refractivity contribution in [2.45, 2.75) is 165 Å². The van der Waals surface area contributed by atoms with Gasteiger partial charge < -0.3 is 25.0 Å². The van der Waals surface area contributed by atoms with Crippen LogP contribution in [-0.4, -0.2) is 77.8 Å². The Morgan fingerprint density at radius 1 is 0.889 bits per heavy atom. The number of likely N-dealkylation sites (tertiary alicyclic amines) is 1. The summed E-state index contributed by atoms with van der Waals surface area (Å²) >= 11 is 6.46. The third kappa shape index (κ3) is 7.65. The Bertz CT molecular complexity index is 1970. The minimum atomic E-state index is -0.831. The molecular weight excluding hydrogens is 812 g/mol. The molecule has 5 saturated carbocycles. The molecule has 1 aromatic rings. The quantitative estimate of drug-likeness (QED) is 0.166. The van der Waals surface area contributed by atoms with E-state index in [0.717, 1.165) is 87.9 Å². The number of ether oxygens (including phenoxy) is 2. The van der Waals surface area contributed by atoms with Crippen LogP contribution in [0.25, 0.3) is 0 Å². The van der Waals surface area contributed by atoms with Gasteiger partial charge in [-0.1, -0.05) is 92.0 Å². The molecule has 3 N–H and O–H groups in total. The molecule has 1 aromatic carbocycles. The van der Waals surface area contributed by atoms with Crippen LogP contribution in [0.15, 0.2) is 29.3 Å². The van der Waals surface area contributed by atoms with Crippen LogP contribution in [0, 0.1) is 68.0 Å². The number of rotatable bonds is 13. The molecule has 0 unspecified atom stereocenters. The fourth-order valence-corrected chi connectivity index (χ4v) is 16.2. The first-order chi connectivity index (χ1) is 29.6. The SMILES string of the molecule is CC(C)C1=C2[C@H]3CC[C@@H]4[C@@]5(C)CC[C@H](OC(=O)[C@H]6C[C@@H](C(=O)O)C6(C)C)C(C)(C)[C@@H]5CC[C@@]4(C)[C@]3(C)CC[C@@]2([C@@H](O)CNCc2ccc(Cl)cc2OCCN2CCCCC2)CC1=O. The second-order valence-corrected chi connectivity index (χ2v) is 24.2. The Kier molecular flexibility index (Phi) is 12.7. The number of aliphatic hydroxyl groups is 1. The lowest BCUT2D eigenvalue weighted by molar-refractivity contribution is -0.238. The summed E-state index contributed by atoms with van der Waals surface area (Å²) in [4.78, 5) is 42.3. The van der Waals surface area contributed by atoms with Gasteiger partial charge >= 0.3 is 11.9 Å². The number of carboxylic acid groups (broad SMARTS) is 1. The van der Waals surface area contributed by atoms with Gasteiger partial charge in [-0.25, -0.2) is 0 Å². The van der Waals surface area contributed by atoms with Gasteiger partial charge in [0.2, 0.25) is 0 Å². The number of benzene rings is 1. The van der Waals surface area contributed by atoms with Crippen molar-refractivity contribution in [1.82, 2.24) is 10.2 Å². The van der Waals surface area contributed by atoms with Crippen LogP contribution in [0.2, 0.25) is 5.02 Å². The van der Waals surface area contributed by atoms with Crippen molar-refractivity contribution in [3.05, 3.63) is 39.9 Å². The van der Waals surface area contributed by atoms with Gasteiger partial charge in [0.1, 0.15) is 18.5 Å². The van der Waals surface area contributed by atoms with E-state index in [1.165, 1.54) is 24.8 Å². The molecule has 10 heteroatoms. The van der Waals surface area contributed by atoms with Crippen LogP contribution in [-0.2, 0) is 25.7 Å². The Hall–Kier alpha value is -2.46. The molecule has 0 bridgehead atoms. The summed E-state index contributed by atoms with van der Waals surface area (Å²) in [7, 11) is 0. The number of carbonyl (C=O) groups is 3. The Morgan fingerprint density at radius 2 is 1.62 bits per heavy atom. The van der Waals surface area contributed by atoms with E-state index in [-0.39, 0.29) is 57.3 Å². The first-order valence-corrected chi connectivity index (χ1v) is 25.2. The van der Waals surface area contributed by atoms with Gasteiger partial charge in [0.15, 0.2) is 5.78 Å². The lowest BCUT2D eigenvalue weighted by Gasteiger charge is -2.72. The molecule has 7 aliphatic rings. The van der Waals surface area contributed by atoms with Crippen molar-refractivity contribution in [3.8, 4) is 5.75 Å². The molecule has 0 radical (unpaired) electrons. The van der Waals surface area contributed by atoms with Crippen LogP contribution in [0.1, 0.15) is 151 Å². The van der Waals surface area contributed by atoms with E-state index in [1.54, 1.807) is 0 Å². The lowest BCUT2D eigenvalue weighted by Crippen LogP contribution is -2.66. The number of allylic oxidation sites excluding steroid dienone is 1. The summed E-state index contributed by atoms with van der Waals surface area (Å²) in [5.74, 6) is 0.242. The summed E-state index contributed by atoms with van der Waals surface area (Å²) in [5, 5.41) is 26.5. The average molecular weight is 892 g/mol. The number of halogens is 1. The zero-order valence-electron chi connectivity index (χ0n) is 40.0. The molecule has 63 heavy (non-hydrogen) atoms. The van der Waals surface area contributed by atoms with Crippen molar-refractivity contribution >= 4 is 29.3 Å². The highest BCUT2D eigenvalue weighted by Gasteiger charge is 2.71. The van der Waals surface area contributed by atoms with Crippen LogP contribution < -0.4 is 10.1 Å². The Balaban J connectivity index is 0.981. The predicted octanol–water partition coefficient (Wildman–Crippen LogP) is 10.3. The molecule has 1 aliphatic heterocycles. The van der Waals surface area contributed by atoms with E-state index in [9.17, 15) is 24.6 Å². The standard InChI is InChI=1S/C53H79ClN2O7/c1-32(2)44-38(57)29-53(42(58)31-55-30-33-13-14-34(54)27-39(33)62-26-25-56-23-11-10-12-24-56)22-21-51(8)35(45(44)53)15-16-41-50(7)19-18-43(49(5,6)40(50)17-20-52(41,51)9)63-47(61)37-28-36(46(59)60)48(37,3)4/h13-14,27,32,35-37,40-43,55,58H,10-12,15-26,28-31H2,1-9H3,(H,59,60)/t35-,36+,37-,40+,41-,42+,43+,50+,51-,52-,53+/m1/s1. The smallest absolute Gasteiger partial charge is 0.309 e. The number of hydrogen-bond acceptors (Lipinski definition) is 8. The zero-order chi connectivity index (χ0) is 45.5. The Morgan fingerprint density at radius 3 is 2.30 bits per heavy atom. The topological polar surface area (TPSA) is 125 Å². The summed E-state index contributed by atoms with van der Waals surface area (Å²) in [6, 6.07) is 5.83. The molecule has 6 fully saturated rings. The van der Waals surface area contributed by atoms with E-state index >= 15 is 0 Å². The lowest BCUT2D eigenvalue weighted by atomic mass is 9.33. The number of ketones is 1. The fraction of sp³-hybridized carbons (Fsp3) is 0.792. The Labute approximate surface area is 383 Å². The summed E-state index contributed by atoms with van der Waals surface area (Å²) in [6.07, 6.45) is 11.5. The molecule has 0 amide bonds. The van der Waals surface area contributed by atoms with Crippen molar-refractivity contribution < 1.29 is 34.1 Å². The molecule has 8 rings (SSSR count). The van der Waals surface area contributed by atoms with Gasteiger partial charge in [-0.15, -0.1) is 0 Å². The van der Waals surface area contributed by atoms with Gasteiger partial charge in [-0.3, -0.25) is 19.3 Å². The number of aliphatic hydroxyl groups excluding tert-OH is 1. The third-order valence-electron chi connectivity index (χ3n) is 20.0. The molecule has 0 spiro atoms. The monoisotopic (exact) mass is 891 g/mol. The van der Waals surface area contributed by atoms with Crippen LogP contribution in [0.3, 0.4) is 0 Å². The highest BCUT2D eigenvalue weighted by molar-refractivity contribution is 6.30. The van der Waals surface area contributed by atoms with Crippen molar-refractivity contribution in [3.63, 3.8) is 0 Å². The predicted molar refractivity (Wildman–Crippen MR) is 247 cm³/mol. The van der Waals surface area contributed by atoms with Crippen molar-refractivity contribution in [2.75, 3.05) is 32.8 Å². The normalized spacial score (nSPS) is 38.8. The first kappa shape index (κ1) is 47.0. The van der Waals surface area contributed by atoms with Crippen molar-refractivity contribution in [1.29, 1.82) is 0 Å². The number of Topliss-reactive ketones (excluding diaryl/α,β-unsaturated/α-hetero) is 1. The van der Waals surface area contributed by atoms with E-state index in [2.05, 4.69) is 58.7 Å². The number of piperidine rings is 1. The summed E-state index contributed by atoms with van der Waals surface area (Å²) < 4.78 is 12.8. The summed E-state index contributed by atoms with van der Waals surface area (Å²) in [5.41, 5.74) is 1.95. The van der Waals surface area contributed by atoms with E-state index in [1.807, 2.05) is 32.0 Å². The molecule has 1 saturated heterocycles. The molecule has 0 aromatic heterocycles. The number of nitrogens with zero attached hydrogens (tertiary/aromatic N) is 1. The second-order valence-electron chi connectivity index (χ2n) is 23.8. The minimum absolute atomic E-state index is 0.0334. The minimum Gasteiger partial charge on any atom is -0.492 e. The van der Waals surface area contributed by atoms with E-state index < -0.39 is 28.8 Å². The zero-order valence-corrected chi connectivity index (χ0v) is 40.8. The van der Waals surface area contributed by atoms with Gasteiger partial charge in [-0.2, -0.15) is 0 Å². The van der Waals surface area contributed by atoms with Crippen molar-refractivity contribution in [2.24, 2.45) is 68.0 Å². The van der Waals surface area contributed by atoms with Crippen LogP contribution in [0.4, 0.5) is 0 Å². The van der Waals surface area contributed by atoms with E-state index in [4.69, 9.17) is 21.1 Å².